The average molecular weight is 311 g/mol. The molecule has 2 rings (SSSR count). The molecule has 1 fully saturated rings. The molecule has 4 nitrogen and oxygen atoms in total. The molecule has 2 heterocycles. The van der Waals surface area contributed by atoms with Gasteiger partial charge in [0.2, 0.25) is 0 Å². The number of rotatable bonds is 5. The Morgan fingerprint density at radius 2 is 2.43 bits per heavy atom. The van der Waals surface area contributed by atoms with E-state index in [1.165, 1.54) is 0 Å². The van der Waals surface area contributed by atoms with E-state index < -0.39 is 6.17 Å². The van der Waals surface area contributed by atoms with Gasteiger partial charge in [0.1, 0.15) is 12.0 Å². The third kappa shape index (κ3) is 3.80. The summed E-state index contributed by atoms with van der Waals surface area (Å²) in [6, 6.07) is 1.48. The summed E-state index contributed by atoms with van der Waals surface area (Å²) >= 11 is 5.88. The van der Waals surface area contributed by atoms with Crippen LogP contribution in [0.15, 0.2) is 23.8 Å². The van der Waals surface area contributed by atoms with E-state index in [1.807, 2.05) is 6.92 Å². The first-order chi connectivity index (χ1) is 10.0. The molecule has 1 aromatic rings. The van der Waals surface area contributed by atoms with Crippen LogP contribution in [0.5, 0.6) is 0 Å². The van der Waals surface area contributed by atoms with Crippen LogP contribution in [0.4, 0.5) is 15.9 Å². The first-order valence-corrected chi connectivity index (χ1v) is 7.37. The number of aromatic nitrogens is 1. The summed E-state index contributed by atoms with van der Waals surface area (Å²) in [4.78, 5) is 10.3. The first kappa shape index (κ1) is 15.9. The molecule has 0 saturated carbocycles. The Kier molecular flexibility index (Phi) is 5.31. The van der Waals surface area contributed by atoms with Gasteiger partial charge in [-0.2, -0.15) is 0 Å². The van der Waals surface area contributed by atoms with Crippen molar-refractivity contribution in [3.8, 4) is 0 Å². The van der Waals surface area contributed by atoms with Crippen molar-refractivity contribution in [1.29, 1.82) is 0 Å². The Hall–Kier alpha value is -1.46. The molecule has 0 aromatic carbocycles. The van der Waals surface area contributed by atoms with Gasteiger partial charge in [-0.25, -0.2) is 9.37 Å². The molecule has 1 aromatic heterocycles. The lowest BCUT2D eigenvalue weighted by Crippen LogP contribution is -2.47. The van der Waals surface area contributed by atoms with Crippen LogP contribution >= 0.6 is 11.6 Å². The summed E-state index contributed by atoms with van der Waals surface area (Å²) in [6.45, 7) is 11.4. The molecular weight excluding hydrogens is 291 g/mol. The minimum absolute atomic E-state index is 0.233. The fraction of sp³-hybridized carbons (Fsp3) is 0.467. The molecule has 2 unspecified atom stereocenters. The molecule has 21 heavy (non-hydrogen) atoms. The zero-order valence-electron chi connectivity index (χ0n) is 12.1. The number of halogens is 2. The lowest BCUT2D eigenvalue weighted by atomic mass is 10.0. The number of anilines is 1. The molecule has 0 radical (unpaired) electrons. The monoisotopic (exact) mass is 310 g/mol. The number of piperidine rings is 1. The highest BCUT2D eigenvalue weighted by molar-refractivity contribution is 6.48. The van der Waals surface area contributed by atoms with Crippen molar-refractivity contribution in [3.63, 3.8) is 0 Å². The maximum atomic E-state index is 14.2. The summed E-state index contributed by atoms with van der Waals surface area (Å²) < 4.78 is 14.2. The van der Waals surface area contributed by atoms with E-state index in [2.05, 4.69) is 33.5 Å². The number of nitrogens with zero attached hydrogens (tertiary/aromatic N) is 3. The molecule has 2 atom stereocenters. The summed E-state index contributed by atoms with van der Waals surface area (Å²) in [5, 5.41) is 3.50. The van der Waals surface area contributed by atoms with Gasteiger partial charge in [-0.05, 0) is 19.7 Å². The van der Waals surface area contributed by atoms with E-state index in [1.54, 1.807) is 12.3 Å². The molecule has 1 aliphatic heterocycles. The fourth-order valence-corrected chi connectivity index (χ4v) is 2.62. The number of nitrogens with one attached hydrogen (secondary N) is 1. The first-order valence-electron chi connectivity index (χ1n) is 6.99. The van der Waals surface area contributed by atoms with Crippen molar-refractivity contribution in [1.82, 2.24) is 9.88 Å². The number of pyridine rings is 1. The van der Waals surface area contributed by atoms with Crippen LogP contribution in [-0.4, -0.2) is 48.4 Å². The third-order valence-corrected chi connectivity index (χ3v) is 3.95. The molecule has 0 amide bonds. The highest BCUT2D eigenvalue weighted by Crippen LogP contribution is 2.29. The Morgan fingerprint density at radius 3 is 3.00 bits per heavy atom. The number of hydrogen-bond acceptors (Lipinski definition) is 4. The molecule has 0 aliphatic carbocycles. The molecule has 1 saturated heterocycles. The topological polar surface area (TPSA) is 40.5 Å². The quantitative estimate of drug-likeness (QED) is 0.847. The number of aliphatic imine (C=N–C) groups is 1. The maximum Gasteiger partial charge on any atom is 0.133 e. The summed E-state index contributed by atoms with van der Waals surface area (Å²) in [5.41, 5.74) is 1.23. The predicted molar refractivity (Wildman–Crippen MR) is 87.4 cm³/mol. The normalized spacial score (nSPS) is 22.8. The molecule has 114 valence electrons. The van der Waals surface area contributed by atoms with Crippen LogP contribution in [-0.2, 0) is 0 Å². The van der Waals surface area contributed by atoms with Gasteiger partial charge >= 0.3 is 0 Å². The minimum atomic E-state index is -0.914. The van der Waals surface area contributed by atoms with Gasteiger partial charge in [-0.15, -0.1) is 0 Å². The largest absolute Gasteiger partial charge is 0.364 e. The SMILES string of the molecule is C=Nc1cc(NC2CCN(CC)CC2F)ncc1C(=C)Cl. The highest BCUT2D eigenvalue weighted by Gasteiger charge is 2.28. The lowest BCUT2D eigenvalue weighted by Gasteiger charge is -2.34. The van der Waals surface area contributed by atoms with Gasteiger partial charge in [0, 0.05) is 35.9 Å². The van der Waals surface area contributed by atoms with Crippen LogP contribution in [0.25, 0.3) is 5.03 Å². The maximum absolute atomic E-state index is 14.2. The Bertz CT molecular complexity index is 534. The Balaban J connectivity index is 2.10. The molecule has 1 aliphatic rings. The van der Waals surface area contributed by atoms with Gasteiger partial charge < -0.3 is 10.2 Å². The summed E-state index contributed by atoms with van der Waals surface area (Å²) in [6.07, 6.45) is 1.41. The van der Waals surface area contributed by atoms with Gasteiger partial charge in [0.05, 0.1) is 11.7 Å². The van der Waals surface area contributed by atoms with E-state index in [4.69, 9.17) is 11.6 Å². The minimum Gasteiger partial charge on any atom is -0.364 e. The van der Waals surface area contributed by atoms with Crippen LogP contribution in [0, 0.1) is 0 Å². The van der Waals surface area contributed by atoms with E-state index in [9.17, 15) is 4.39 Å². The number of hydrogen-bond donors (Lipinski definition) is 1. The van der Waals surface area contributed by atoms with E-state index >= 15 is 0 Å². The van der Waals surface area contributed by atoms with Crippen molar-refractivity contribution in [2.24, 2.45) is 4.99 Å². The van der Waals surface area contributed by atoms with Crippen molar-refractivity contribution in [2.45, 2.75) is 25.6 Å². The van der Waals surface area contributed by atoms with Crippen molar-refractivity contribution in [2.75, 3.05) is 25.0 Å². The van der Waals surface area contributed by atoms with Crippen LogP contribution in [0.2, 0.25) is 0 Å². The lowest BCUT2D eigenvalue weighted by molar-refractivity contribution is 0.131. The molecule has 1 N–H and O–H groups in total. The van der Waals surface area contributed by atoms with Gasteiger partial charge in [-0.1, -0.05) is 25.1 Å². The molecule has 0 spiro atoms. The van der Waals surface area contributed by atoms with Gasteiger partial charge in [-0.3, -0.25) is 4.99 Å². The molecule has 6 heteroatoms. The predicted octanol–water partition coefficient (Wildman–Crippen LogP) is 3.47. The zero-order chi connectivity index (χ0) is 15.4. The Labute approximate surface area is 129 Å². The summed E-state index contributed by atoms with van der Waals surface area (Å²) in [7, 11) is 0. The van der Waals surface area contributed by atoms with Crippen LogP contribution < -0.4 is 5.32 Å². The van der Waals surface area contributed by atoms with Crippen molar-refractivity contribution >= 4 is 34.9 Å². The van der Waals surface area contributed by atoms with E-state index in [0.29, 0.717) is 28.6 Å². The standard InChI is InChI=1S/C15H20ClFN4/c1-4-21-6-5-13(12(17)9-21)20-15-7-14(18-3)11(8-19-15)10(2)16/h7-8,12-13H,2-6,9H2,1H3,(H,19,20). The zero-order valence-corrected chi connectivity index (χ0v) is 12.9. The number of alkyl halides is 1. The second-order valence-corrected chi connectivity index (χ2v) is 5.55. The second kappa shape index (κ2) is 7.00. The summed E-state index contributed by atoms with van der Waals surface area (Å²) in [5.74, 6) is 0.580. The second-order valence-electron chi connectivity index (χ2n) is 5.10. The average Bonchev–Trinajstić information content (AvgIpc) is 2.48. The highest BCUT2D eigenvalue weighted by atomic mass is 35.5. The van der Waals surface area contributed by atoms with Gasteiger partial charge in [0.25, 0.3) is 0 Å². The number of likely N-dealkylation sites (tertiary alicyclic amines) is 1. The van der Waals surface area contributed by atoms with Crippen LogP contribution in [0.3, 0.4) is 0 Å². The molecular formula is C15H20ClFN4. The third-order valence-electron chi connectivity index (χ3n) is 3.75. The van der Waals surface area contributed by atoms with Crippen molar-refractivity contribution in [3.05, 3.63) is 24.4 Å². The smallest absolute Gasteiger partial charge is 0.133 e. The molecule has 0 bridgehead atoms. The van der Waals surface area contributed by atoms with Crippen LogP contribution in [0.1, 0.15) is 18.9 Å². The van der Waals surface area contributed by atoms with Crippen molar-refractivity contribution < 1.29 is 4.39 Å². The van der Waals surface area contributed by atoms with E-state index in [-0.39, 0.29) is 6.04 Å². The van der Waals surface area contributed by atoms with Gasteiger partial charge in [0.15, 0.2) is 0 Å². The fourth-order valence-electron chi connectivity index (χ4n) is 2.47. The van der Waals surface area contributed by atoms with E-state index in [0.717, 1.165) is 19.5 Å². The Morgan fingerprint density at radius 1 is 1.67 bits per heavy atom.